The fourth-order valence-electron chi connectivity index (χ4n) is 3.66. The SMILES string of the molecule is COc1nc2ccccc2cc1-c1cnc(C2CS(=O)(=O)CCN2C(=O)OC(C)(C)C)[nH]1. The molecular weight excluding hydrogens is 432 g/mol. The third kappa shape index (κ3) is 4.55. The van der Waals surface area contributed by atoms with Crippen LogP contribution in [0.15, 0.2) is 36.5 Å². The summed E-state index contributed by atoms with van der Waals surface area (Å²) in [6.07, 6.45) is 1.03. The van der Waals surface area contributed by atoms with Crippen LogP contribution in [-0.4, -0.2) is 65.1 Å². The number of ether oxygens (including phenoxy) is 2. The van der Waals surface area contributed by atoms with Gasteiger partial charge >= 0.3 is 6.09 Å². The maximum absolute atomic E-state index is 12.8. The topological polar surface area (TPSA) is 114 Å². The van der Waals surface area contributed by atoms with Gasteiger partial charge < -0.3 is 14.5 Å². The molecular formula is C22H26N4O5S. The molecule has 3 aromatic rings. The van der Waals surface area contributed by atoms with Gasteiger partial charge in [-0.3, -0.25) is 4.90 Å². The summed E-state index contributed by atoms with van der Waals surface area (Å²) >= 11 is 0. The van der Waals surface area contributed by atoms with Crippen LogP contribution in [0, 0.1) is 0 Å². The van der Waals surface area contributed by atoms with Crippen LogP contribution >= 0.6 is 0 Å². The van der Waals surface area contributed by atoms with Crippen LogP contribution in [0.1, 0.15) is 32.6 Å². The van der Waals surface area contributed by atoms with Crippen molar-refractivity contribution in [3.63, 3.8) is 0 Å². The Bertz CT molecular complexity index is 1260. The quantitative estimate of drug-likeness (QED) is 0.640. The van der Waals surface area contributed by atoms with Crippen LogP contribution in [0.25, 0.3) is 22.2 Å². The molecule has 1 aliphatic heterocycles. The van der Waals surface area contributed by atoms with Gasteiger partial charge in [0.1, 0.15) is 17.5 Å². The number of H-pyrrole nitrogens is 1. The predicted octanol–water partition coefficient (Wildman–Crippen LogP) is 3.34. The van der Waals surface area contributed by atoms with Crippen LogP contribution in [0.5, 0.6) is 5.88 Å². The summed E-state index contributed by atoms with van der Waals surface area (Å²) in [6, 6.07) is 8.81. The number of carbonyl (C=O) groups excluding carboxylic acids is 1. The maximum atomic E-state index is 12.8. The zero-order valence-corrected chi connectivity index (χ0v) is 19.3. The highest BCUT2D eigenvalue weighted by molar-refractivity contribution is 7.91. The number of carbonyl (C=O) groups is 1. The van der Waals surface area contributed by atoms with E-state index in [1.54, 1.807) is 27.0 Å². The lowest BCUT2D eigenvalue weighted by atomic mass is 10.1. The largest absolute Gasteiger partial charge is 0.480 e. The molecule has 1 atom stereocenters. The van der Waals surface area contributed by atoms with E-state index in [4.69, 9.17) is 9.47 Å². The average molecular weight is 459 g/mol. The van der Waals surface area contributed by atoms with E-state index in [1.165, 1.54) is 12.0 Å². The molecule has 170 valence electrons. The minimum atomic E-state index is -3.33. The number of sulfone groups is 1. The number of fused-ring (bicyclic) bond motifs is 1. The van der Waals surface area contributed by atoms with Gasteiger partial charge in [0.05, 0.1) is 41.6 Å². The first-order valence-electron chi connectivity index (χ1n) is 10.3. The monoisotopic (exact) mass is 458 g/mol. The van der Waals surface area contributed by atoms with E-state index in [9.17, 15) is 13.2 Å². The van der Waals surface area contributed by atoms with Crippen molar-refractivity contribution in [1.82, 2.24) is 19.9 Å². The molecule has 0 bridgehead atoms. The van der Waals surface area contributed by atoms with E-state index in [1.807, 2.05) is 30.3 Å². The van der Waals surface area contributed by atoms with E-state index in [0.717, 1.165) is 10.9 Å². The van der Waals surface area contributed by atoms with E-state index in [2.05, 4.69) is 15.0 Å². The van der Waals surface area contributed by atoms with E-state index < -0.39 is 27.6 Å². The van der Waals surface area contributed by atoms with Gasteiger partial charge in [-0.05, 0) is 32.9 Å². The highest BCUT2D eigenvalue weighted by atomic mass is 32.2. The van der Waals surface area contributed by atoms with Crippen molar-refractivity contribution in [3.05, 3.63) is 42.4 Å². The molecule has 4 rings (SSSR count). The molecule has 1 fully saturated rings. The van der Waals surface area contributed by atoms with Crippen molar-refractivity contribution in [2.45, 2.75) is 32.4 Å². The summed E-state index contributed by atoms with van der Waals surface area (Å²) in [5, 5.41) is 0.926. The van der Waals surface area contributed by atoms with Crippen molar-refractivity contribution in [3.8, 4) is 17.1 Å². The number of amides is 1. The number of nitrogens with one attached hydrogen (secondary N) is 1. The third-order valence-electron chi connectivity index (χ3n) is 5.14. The Hall–Kier alpha value is -3.14. The van der Waals surface area contributed by atoms with Gasteiger partial charge in [0.15, 0.2) is 9.84 Å². The number of nitrogens with zero attached hydrogens (tertiary/aromatic N) is 3. The number of hydrogen-bond donors (Lipinski definition) is 1. The summed E-state index contributed by atoms with van der Waals surface area (Å²) in [5.41, 5.74) is 1.40. The number of hydrogen-bond acceptors (Lipinski definition) is 7. The molecule has 2 aromatic heterocycles. The molecule has 1 amide bonds. The van der Waals surface area contributed by atoms with E-state index >= 15 is 0 Å². The Kier molecular flexibility index (Phi) is 5.58. The van der Waals surface area contributed by atoms with E-state index in [0.29, 0.717) is 23.0 Å². The normalized spacial score (nSPS) is 18.5. The number of methoxy groups -OCH3 is 1. The first-order valence-corrected chi connectivity index (χ1v) is 12.1. The van der Waals surface area contributed by atoms with Gasteiger partial charge in [-0.25, -0.2) is 23.2 Å². The minimum Gasteiger partial charge on any atom is -0.480 e. The van der Waals surface area contributed by atoms with Crippen molar-refractivity contribution in [2.24, 2.45) is 0 Å². The lowest BCUT2D eigenvalue weighted by Gasteiger charge is -2.35. The maximum Gasteiger partial charge on any atom is 0.410 e. The highest BCUT2D eigenvalue weighted by Gasteiger charge is 2.39. The molecule has 1 aliphatic rings. The predicted molar refractivity (Wildman–Crippen MR) is 120 cm³/mol. The standard InChI is InChI=1S/C22H26N4O5S/c1-22(2,3)31-21(27)26-9-10-32(28,29)13-18(26)19-23-12-17(24-19)15-11-14-7-5-6-8-16(14)25-20(15)30-4/h5-8,11-12,18H,9-10,13H2,1-4H3,(H,23,24). The van der Waals surface area contributed by atoms with Crippen LogP contribution in [0.2, 0.25) is 0 Å². The molecule has 1 saturated heterocycles. The average Bonchev–Trinajstić information content (AvgIpc) is 3.20. The Morgan fingerprint density at radius 1 is 1.25 bits per heavy atom. The first kappa shape index (κ1) is 22.1. The van der Waals surface area contributed by atoms with Crippen LogP contribution in [0.3, 0.4) is 0 Å². The van der Waals surface area contributed by atoms with Gasteiger partial charge in [0.25, 0.3) is 0 Å². The lowest BCUT2D eigenvalue weighted by Crippen LogP contribution is -2.48. The van der Waals surface area contributed by atoms with Gasteiger partial charge in [0, 0.05) is 11.9 Å². The Morgan fingerprint density at radius 3 is 2.72 bits per heavy atom. The van der Waals surface area contributed by atoms with Crippen LogP contribution in [-0.2, 0) is 14.6 Å². The summed E-state index contributed by atoms with van der Waals surface area (Å²) < 4.78 is 35.7. The van der Waals surface area contributed by atoms with Crippen LogP contribution in [0.4, 0.5) is 4.79 Å². The Labute approximate surface area is 186 Å². The molecule has 1 N–H and O–H groups in total. The fourth-order valence-corrected chi connectivity index (χ4v) is 5.12. The second-order valence-electron chi connectivity index (χ2n) is 8.72. The van der Waals surface area contributed by atoms with Gasteiger partial charge in [-0.1, -0.05) is 18.2 Å². The molecule has 3 heterocycles. The number of para-hydroxylation sites is 1. The van der Waals surface area contributed by atoms with Gasteiger partial charge in [-0.15, -0.1) is 0 Å². The fraction of sp³-hybridized carbons (Fsp3) is 0.409. The summed E-state index contributed by atoms with van der Waals surface area (Å²) in [4.78, 5) is 26.3. The Balaban J connectivity index is 1.72. The smallest absolute Gasteiger partial charge is 0.410 e. The number of benzene rings is 1. The number of rotatable bonds is 3. The molecule has 0 radical (unpaired) electrons. The third-order valence-corrected chi connectivity index (χ3v) is 6.77. The zero-order chi connectivity index (χ0) is 23.1. The number of imidazole rings is 1. The van der Waals surface area contributed by atoms with Gasteiger partial charge in [-0.2, -0.15) is 0 Å². The van der Waals surface area contributed by atoms with Crippen molar-refractivity contribution in [1.29, 1.82) is 0 Å². The highest BCUT2D eigenvalue weighted by Crippen LogP contribution is 2.33. The molecule has 10 heteroatoms. The van der Waals surface area contributed by atoms with E-state index in [-0.39, 0.29) is 18.1 Å². The van der Waals surface area contributed by atoms with Crippen molar-refractivity contribution < 1.29 is 22.7 Å². The molecule has 9 nitrogen and oxygen atoms in total. The van der Waals surface area contributed by atoms with Crippen molar-refractivity contribution in [2.75, 3.05) is 25.2 Å². The lowest BCUT2D eigenvalue weighted by molar-refractivity contribution is 0.0174. The molecule has 1 aromatic carbocycles. The number of aromatic amines is 1. The number of aromatic nitrogens is 3. The summed E-state index contributed by atoms with van der Waals surface area (Å²) in [7, 11) is -1.80. The minimum absolute atomic E-state index is 0.0405. The molecule has 0 spiro atoms. The summed E-state index contributed by atoms with van der Waals surface area (Å²) in [5.74, 6) is 0.439. The van der Waals surface area contributed by atoms with Gasteiger partial charge in [0.2, 0.25) is 5.88 Å². The van der Waals surface area contributed by atoms with Crippen molar-refractivity contribution >= 4 is 26.8 Å². The second-order valence-corrected chi connectivity index (χ2v) is 11.0. The zero-order valence-electron chi connectivity index (χ0n) is 18.5. The van der Waals surface area contributed by atoms with Crippen LogP contribution < -0.4 is 4.74 Å². The number of pyridine rings is 1. The molecule has 0 saturated carbocycles. The molecule has 1 unspecified atom stereocenters. The second kappa shape index (κ2) is 8.09. The summed E-state index contributed by atoms with van der Waals surface area (Å²) in [6.45, 7) is 5.35. The Morgan fingerprint density at radius 2 is 2.00 bits per heavy atom. The molecule has 32 heavy (non-hydrogen) atoms. The molecule has 0 aliphatic carbocycles. The first-order chi connectivity index (χ1) is 15.1.